The van der Waals surface area contributed by atoms with E-state index in [0.717, 1.165) is 68.0 Å². The van der Waals surface area contributed by atoms with Gasteiger partial charge < -0.3 is 29.6 Å². The summed E-state index contributed by atoms with van der Waals surface area (Å²) >= 11 is 0. The van der Waals surface area contributed by atoms with Gasteiger partial charge in [-0.1, -0.05) is 6.92 Å². The van der Waals surface area contributed by atoms with E-state index in [2.05, 4.69) is 56.3 Å². The van der Waals surface area contributed by atoms with Crippen molar-refractivity contribution in [2.75, 3.05) is 45.3 Å². The van der Waals surface area contributed by atoms with Crippen LogP contribution in [0, 0.1) is 0 Å². The molecule has 2 N–H and O–H groups in total. The molecule has 0 amide bonds. The number of aryl methyl sites for hydroxylation is 1. The number of aliphatic imine (C=N–C) groups is 1. The monoisotopic (exact) mass is 415 g/mol. The minimum atomic E-state index is 0.320. The first-order valence-electron chi connectivity index (χ1n) is 10.6. The zero-order chi connectivity index (χ0) is 21.3. The van der Waals surface area contributed by atoms with E-state index in [9.17, 15) is 0 Å². The molecule has 30 heavy (non-hydrogen) atoms. The molecule has 2 heterocycles. The normalized spacial score (nSPS) is 16.6. The van der Waals surface area contributed by atoms with E-state index in [0.29, 0.717) is 12.6 Å². The third-order valence-corrected chi connectivity index (χ3v) is 5.20. The molecule has 2 aromatic rings. The summed E-state index contributed by atoms with van der Waals surface area (Å²) in [7, 11) is 3.35. The third kappa shape index (κ3) is 5.55. The van der Waals surface area contributed by atoms with Gasteiger partial charge in [-0.15, -0.1) is 10.2 Å². The van der Waals surface area contributed by atoms with Crippen molar-refractivity contribution in [2.24, 2.45) is 4.99 Å². The standard InChI is InChI=1S/C21H33N7O2/c1-5-20-26-24-15-28(20)10-8-23-21(22-6-2)25-16-7-9-27(14-16)17-11-18(29-3)13-19(12-17)30-4/h11-13,15-16H,5-10,14H2,1-4H3,(H2,22,23,25). The first-order chi connectivity index (χ1) is 14.7. The zero-order valence-electron chi connectivity index (χ0n) is 18.4. The Morgan fingerprint density at radius 2 is 1.97 bits per heavy atom. The van der Waals surface area contributed by atoms with Crippen LogP contribution in [-0.4, -0.2) is 67.2 Å². The minimum absolute atomic E-state index is 0.320. The Kier molecular flexibility index (Phi) is 7.75. The lowest BCUT2D eigenvalue weighted by Gasteiger charge is -2.21. The van der Waals surface area contributed by atoms with Crippen molar-refractivity contribution in [1.82, 2.24) is 25.4 Å². The van der Waals surface area contributed by atoms with Crippen LogP contribution < -0.4 is 25.0 Å². The number of rotatable bonds is 9. The van der Waals surface area contributed by atoms with Crippen molar-refractivity contribution < 1.29 is 9.47 Å². The van der Waals surface area contributed by atoms with Crippen LogP contribution in [0.3, 0.4) is 0 Å². The van der Waals surface area contributed by atoms with E-state index >= 15 is 0 Å². The number of aromatic nitrogens is 3. The predicted molar refractivity (Wildman–Crippen MR) is 119 cm³/mol. The summed E-state index contributed by atoms with van der Waals surface area (Å²) in [6, 6.07) is 6.31. The third-order valence-electron chi connectivity index (χ3n) is 5.20. The molecule has 0 radical (unpaired) electrons. The maximum Gasteiger partial charge on any atom is 0.191 e. The molecule has 1 unspecified atom stereocenters. The fourth-order valence-corrected chi connectivity index (χ4v) is 3.61. The molecule has 1 saturated heterocycles. The Hall–Kier alpha value is -2.97. The van der Waals surface area contributed by atoms with Crippen LogP contribution in [0.2, 0.25) is 0 Å². The predicted octanol–water partition coefficient (Wildman–Crippen LogP) is 1.69. The molecule has 9 nitrogen and oxygen atoms in total. The highest BCUT2D eigenvalue weighted by Crippen LogP contribution is 2.30. The maximum absolute atomic E-state index is 5.41. The van der Waals surface area contributed by atoms with Crippen molar-refractivity contribution in [2.45, 2.75) is 39.3 Å². The molecule has 0 bridgehead atoms. The average Bonchev–Trinajstić information content (AvgIpc) is 3.42. The molecule has 1 aliphatic rings. The summed E-state index contributed by atoms with van der Waals surface area (Å²) in [6.45, 7) is 8.29. The van der Waals surface area contributed by atoms with Gasteiger partial charge in [0.15, 0.2) is 5.96 Å². The van der Waals surface area contributed by atoms with E-state index in [1.807, 2.05) is 6.07 Å². The highest BCUT2D eigenvalue weighted by atomic mass is 16.5. The van der Waals surface area contributed by atoms with E-state index in [-0.39, 0.29) is 0 Å². The van der Waals surface area contributed by atoms with Crippen molar-refractivity contribution in [3.8, 4) is 11.5 Å². The molecule has 1 aromatic heterocycles. The van der Waals surface area contributed by atoms with Crippen LogP contribution >= 0.6 is 0 Å². The molecule has 0 aliphatic carbocycles. The number of anilines is 1. The van der Waals surface area contributed by atoms with Gasteiger partial charge in [0.25, 0.3) is 0 Å². The lowest BCUT2D eigenvalue weighted by Crippen LogP contribution is -2.44. The molecule has 9 heteroatoms. The molecular weight excluding hydrogens is 382 g/mol. The molecule has 1 aliphatic heterocycles. The highest BCUT2D eigenvalue weighted by molar-refractivity contribution is 5.80. The van der Waals surface area contributed by atoms with Gasteiger partial charge in [-0.05, 0) is 13.3 Å². The molecule has 1 atom stereocenters. The number of nitrogens with zero attached hydrogens (tertiary/aromatic N) is 5. The quantitative estimate of drug-likeness (QED) is 0.476. The number of guanidine groups is 1. The lowest BCUT2D eigenvalue weighted by atomic mass is 10.2. The number of methoxy groups -OCH3 is 2. The second-order valence-corrected chi connectivity index (χ2v) is 7.20. The Labute approximate surface area is 178 Å². The molecule has 164 valence electrons. The second kappa shape index (κ2) is 10.7. The molecule has 0 spiro atoms. The Balaban J connectivity index is 1.59. The summed E-state index contributed by atoms with van der Waals surface area (Å²) < 4.78 is 12.9. The summed E-state index contributed by atoms with van der Waals surface area (Å²) in [5.41, 5.74) is 1.11. The summed E-state index contributed by atoms with van der Waals surface area (Å²) in [6.07, 6.45) is 3.68. The van der Waals surface area contributed by atoms with Gasteiger partial charge in [-0.3, -0.25) is 4.99 Å². The Morgan fingerprint density at radius 1 is 1.20 bits per heavy atom. The maximum atomic E-state index is 5.41. The average molecular weight is 416 g/mol. The first kappa shape index (κ1) is 21.7. The number of hydrogen-bond acceptors (Lipinski definition) is 6. The second-order valence-electron chi connectivity index (χ2n) is 7.20. The van der Waals surface area contributed by atoms with Gasteiger partial charge in [-0.2, -0.15) is 0 Å². The minimum Gasteiger partial charge on any atom is -0.497 e. The summed E-state index contributed by atoms with van der Waals surface area (Å²) in [5, 5.41) is 15.0. The van der Waals surface area contributed by atoms with Crippen LogP contribution in [0.5, 0.6) is 11.5 Å². The van der Waals surface area contributed by atoms with Crippen LogP contribution in [0.1, 0.15) is 26.1 Å². The van der Waals surface area contributed by atoms with Gasteiger partial charge in [-0.25, -0.2) is 0 Å². The molecular formula is C21H33N7O2. The van der Waals surface area contributed by atoms with E-state index in [1.165, 1.54) is 0 Å². The van der Waals surface area contributed by atoms with Crippen LogP contribution in [0.4, 0.5) is 5.69 Å². The molecule has 1 fully saturated rings. The van der Waals surface area contributed by atoms with Crippen molar-refractivity contribution in [3.05, 3.63) is 30.4 Å². The number of nitrogens with one attached hydrogen (secondary N) is 2. The van der Waals surface area contributed by atoms with Gasteiger partial charge in [0, 0.05) is 62.5 Å². The molecule has 3 rings (SSSR count). The summed E-state index contributed by atoms with van der Waals surface area (Å²) in [5.74, 6) is 3.44. The smallest absolute Gasteiger partial charge is 0.191 e. The van der Waals surface area contributed by atoms with Gasteiger partial charge >= 0.3 is 0 Å². The highest BCUT2D eigenvalue weighted by Gasteiger charge is 2.24. The fourth-order valence-electron chi connectivity index (χ4n) is 3.61. The topological polar surface area (TPSA) is 88.8 Å². The van der Waals surface area contributed by atoms with E-state index in [4.69, 9.17) is 14.5 Å². The number of hydrogen-bond donors (Lipinski definition) is 2. The Bertz CT molecular complexity index is 814. The van der Waals surface area contributed by atoms with E-state index in [1.54, 1.807) is 20.5 Å². The first-order valence-corrected chi connectivity index (χ1v) is 10.6. The lowest BCUT2D eigenvalue weighted by molar-refractivity contribution is 0.394. The zero-order valence-corrected chi connectivity index (χ0v) is 18.4. The van der Waals surface area contributed by atoms with Crippen LogP contribution in [0.25, 0.3) is 0 Å². The van der Waals surface area contributed by atoms with Gasteiger partial charge in [0.2, 0.25) is 0 Å². The van der Waals surface area contributed by atoms with Gasteiger partial charge in [0.1, 0.15) is 23.7 Å². The van der Waals surface area contributed by atoms with Crippen molar-refractivity contribution in [1.29, 1.82) is 0 Å². The fraction of sp³-hybridized carbons (Fsp3) is 0.571. The number of ether oxygens (including phenoxy) is 2. The van der Waals surface area contributed by atoms with Crippen molar-refractivity contribution >= 4 is 11.6 Å². The SMILES string of the molecule is CCNC(=NCCn1cnnc1CC)NC1CCN(c2cc(OC)cc(OC)c2)C1. The van der Waals surface area contributed by atoms with Crippen LogP contribution in [0.15, 0.2) is 29.5 Å². The Morgan fingerprint density at radius 3 is 2.63 bits per heavy atom. The van der Waals surface area contributed by atoms with Crippen molar-refractivity contribution in [3.63, 3.8) is 0 Å². The molecule has 0 saturated carbocycles. The molecule has 1 aromatic carbocycles. The van der Waals surface area contributed by atoms with E-state index < -0.39 is 0 Å². The van der Waals surface area contributed by atoms with Gasteiger partial charge in [0.05, 0.1) is 20.8 Å². The number of benzene rings is 1. The van der Waals surface area contributed by atoms with Crippen LogP contribution in [-0.2, 0) is 13.0 Å². The summed E-state index contributed by atoms with van der Waals surface area (Å²) in [4.78, 5) is 7.08. The largest absolute Gasteiger partial charge is 0.497 e.